The van der Waals surface area contributed by atoms with Crippen LogP contribution in [0.25, 0.3) is 11.0 Å². The molecule has 5 heteroatoms. The topological polar surface area (TPSA) is 42.9 Å². The molecule has 0 aliphatic carbocycles. The van der Waals surface area contributed by atoms with Crippen LogP contribution >= 0.6 is 0 Å². The maximum atomic E-state index is 8.56. The van der Waals surface area contributed by atoms with Gasteiger partial charge in [-0.25, -0.2) is 0 Å². The molecule has 0 amide bonds. The van der Waals surface area contributed by atoms with Gasteiger partial charge in [-0.3, -0.25) is 5.41 Å². The predicted molar refractivity (Wildman–Crippen MR) is 97.3 cm³/mol. The summed E-state index contributed by atoms with van der Waals surface area (Å²) in [6, 6.07) is 16.3. The number of halogens is 1. The zero-order valence-corrected chi connectivity index (χ0v) is 16.6. The molecular weight excluding hydrogens is 378 g/mol. The van der Waals surface area contributed by atoms with E-state index in [0.717, 1.165) is 28.9 Å². The van der Waals surface area contributed by atoms with Crippen molar-refractivity contribution in [1.29, 1.82) is 5.41 Å². The Hall–Kier alpha value is -2.01. The largest absolute Gasteiger partial charge is 1.00 e. The van der Waals surface area contributed by atoms with E-state index in [2.05, 4.69) is 30.5 Å². The summed E-state index contributed by atoms with van der Waals surface area (Å²) in [5, 5.41) is 8.56. The Morgan fingerprint density at radius 2 is 1.56 bits per heavy atom. The monoisotopic (exact) mass is 402 g/mol. The number of para-hydroxylation sites is 3. The highest BCUT2D eigenvalue weighted by Gasteiger charge is 2.11. The van der Waals surface area contributed by atoms with Crippen molar-refractivity contribution in [3.05, 3.63) is 59.7 Å². The van der Waals surface area contributed by atoms with Gasteiger partial charge in [-0.1, -0.05) is 44.2 Å². The number of rotatable bonds is 6. The second-order valence-electron chi connectivity index (χ2n) is 6.58. The van der Waals surface area contributed by atoms with Crippen LogP contribution in [0.2, 0.25) is 0 Å². The van der Waals surface area contributed by atoms with E-state index in [0.29, 0.717) is 24.7 Å². The lowest BCUT2D eigenvalue weighted by Gasteiger charge is -2.10. The molecule has 0 fully saturated rings. The Morgan fingerprint density at radius 1 is 0.960 bits per heavy atom. The molecule has 25 heavy (non-hydrogen) atoms. The molecule has 0 atom stereocenters. The summed E-state index contributed by atoms with van der Waals surface area (Å²) >= 11 is 0. The van der Waals surface area contributed by atoms with Gasteiger partial charge in [0.05, 0.1) is 17.6 Å². The van der Waals surface area contributed by atoms with Crippen molar-refractivity contribution >= 4 is 11.0 Å². The fourth-order valence-corrected chi connectivity index (χ4v) is 3.04. The number of nitrogens with one attached hydrogen (secondary N) is 1. The molecule has 1 heterocycles. The maximum absolute atomic E-state index is 8.56. The molecule has 0 bridgehead atoms. The first-order chi connectivity index (χ1) is 11.6. The smallest absolute Gasteiger partial charge is 0.203 e. The number of aromatic nitrogens is 2. The van der Waals surface area contributed by atoms with Crippen molar-refractivity contribution in [3.8, 4) is 5.75 Å². The number of aryl methyl sites for hydroxylation is 1. The fraction of sp³-hybridized carbons (Fsp3) is 0.350. The number of nitrogens with zero attached hydrogens (tertiary/aromatic N) is 2. The van der Waals surface area contributed by atoms with Crippen molar-refractivity contribution in [2.24, 2.45) is 5.92 Å². The van der Waals surface area contributed by atoms with Gasteiger partial charge in [0.1, 0.15) is 12.4 Å². The molecule has 134 valence electrons. The lowest BCUT2D eigenvalue weighted by atomic mass is 10.2. The minimum atomic E-state index is 0. The molecule has 1 aromatic heterocycles. The van der Waals surface area contributed by atoms with E-state index in [1.807, 2.05) is 47.9 Å². The summed E-state index contributed by atoms with van der Waals surface area (Å²) in [4.78, 5) is 0. The van der Waals surface area contributed by atoms with E-state index in [1.54, 1.807) is 0 Å². The molecule has 0 aliphatic rings. The van der Waals surface area contributed by atoms with Gasteiger partial charge < -0.3 is 30.9 Å². The lowest BCUT2D eigenvalue weighted by Crippen LogP contribution is -3.00. The molecule has 3 rings (SSSR count). The van der Waals surface area contributed by atoms with Crippen molar-refractivity contribution < 1.29 is 21.7 Å². The van der Waals surface area contributed by atoms with E-state index in [4.69, 9.17) is 10.1 Å². The van der Waals surface area contributed by atoms with Crippen LogP contribution in [-0.4, -0.2) is 15.7 Å². The van der Waals surface area contributed by atoms with E-state index < -0.39 is 0 Å². The van der Waals surface area contributed by atoms with E-state index in [1.165, 1.54) is 0 Å². The maximum Gasteiger partial charge on any atom is 0.203 e. The highest BCUT2D eigenvalue weighted by atomic mass is 79.9. The van der Waals surface area contributed by atoms with Gasteiger partial charge in [-0.15, -0.1) is 0 Å². The molecule has 0 unspecified atom stereocenters. The van der Waals surface area contributed by atoms with Crippen LogP contribution in [0.15, 0.2) is 48.5 Å². The van der Waals surface area contributed by atoms with Crippen LogP contribution in [-0.2, 0) is 13.1 Å². The molecule has 0 saturated carbocycles. The lowest BCUT2D eigenvalue weighted by molar-refractivity contribution is -0.00000580. The molecule has 0 aliphatic heterocycles. The number of ether oxygens (including phenoxy) is 1. The standard InChI is InChI=1S/C20H25N3O.BrH/c1-15(2)14-23-18-10-6-5-9-17(18)22(20(23)21)12-13-24-19-11-7-4-8-16(19)3;/h4-11,15,21H,12-14H2,1-3H3;1H/p-1. The predicted octanol–water partition coefficient (Wildman–Crippen LogP) is 0.970. The van der Waals surface area contributed by atoms with Gasteiger partial charge in [0.25, 0.3) is 0 Å². The molecule has 3 aromatic rings. The first kappa shape index (κ1) is 19.3. The second kappa shape index (κ2) is 8.39. The highest BCUT2D eigenvalue weighted by molar-refractivity contribution is 5.75. The van der Waals surface area contributed by atoms with Crippen LogP contribution in [0.1, 0.15) is 19.4 Å². The molecule has 0 spiro atoms. The summed E-state index contributed by atoms with van der Waals surface area (Å²) in [7, 11) is 0. The minimum Gasteiger partial charge on any atom is -1.00 e. The Bertz CT molecular complexity index is 895. The number of hydrogen-bond acceptors (Lipinski definition) is 2. The third kappa shape index (κ3) is 4.15. The Kier molecular flexibility index (Phi) is 6.48. The molecule has 2 aromatic carbocycles. The Labute approximate surface area is 159 Å². The summed E-state index contributed by atoms with van der Waals surface area (Å²) in [5.41, 5.74) is 3.89. The van der Waals surface area contributed by atoms with Gasteiger partial charge in [-0.05, 0) is 36.6 Å². The second-order valence-corrected chi connectivity index (χ2v) is 6.58. The van der Waals surface area contributed by atoms with Crippen LogP contribution in [0.5, 0.6) is 5.75 Å². The fourth-order valence-electron chi connectivity index (χ4n) is 3.04. The van der Waals surface area contributed by atoms with Gasteiger partial charge in [0.2, 0.25) is 5.62 Å². The summed E-state index contributed by atoms with van der Waals surface area (Å²) < 4.78 is 10.1. The van der Waals surface area contributed by atoms with E-state index in [9.17, 15) is 0 Å². The third-order valence-corrected chi connectivity index (χ3v) is 4.19. The Morgan fingerprint density at radius 3 is 2.20 bits per heavy atom. The average molecular weight is 403 g/mol. The number of hydrogen-bond donors (Lipinski definition) is 1. The van der Waals surface area contributed by atoms with Gasteiger partial charge >= 0.3 is 0 Å². The van der Waals surface area contributed by atoms with Gasteiger partial charge in [0, 0.05) is 6.54 Å². The highest BCUT2D eigenvalue weighted by Crippen LogP contribution is 2.17. The van der Waals surface area contributed by atoms with Crippen molar-refractivity contribution in [3.63, 3.8) is 0 Å². The molecule has 1 N–H and O–H groups in total. The number of benzene rings is 2. The first-order valence-electron chi connectivity index (χ1n) is 8.49. The van der Waals surface area contributed by atoms with Crippen LogP contribution < -0.4 is 27.3 Å². The van der Waals surface area contributed by atoms with Crippen LogP contribution in [0.3, 0.4) is 0 Å². The third-order valence-electron chi connectivity index (χ3n) is 4.19. The zero-order chi connectivity index (χ0) is 17.1. The number of imidazole rings is 1. The Balaban J connectivity index is 0.00000225. The average Bonchev–Trinajstić information content (AvgIpc) is 2.82. The van der Waals surface area contributed by atoms with Gasteiger partial charge in [-0.2, -0.15) is 0 Å². The summed E-state index contributed by atoms with van der Waals surface area (Å²) in [6.07, 6.45) is 0. The first-order valence-corrected chi connectivity index (χ1v) is 8.49. The van der Waals surface area contributed by atoms with Crippen molar-refractivity contribution in [2.45, 2.75) is 33.9 Å². The normalized spacial score (nSPS) is 10.9. The van der Waals surface area contributed by atoms with Crippen molar-refractivity contribution in [2.75, 3.05) is 6.61 Å². The van der Waals surface area contributed by atoms with Crippen LogP contribution in [0.4, 0.5) is 0 Å². The zero-order valence-electron chi connectivity index (χ0n) is 15.0. The van der Waals surface area contributed by atoms with Gasteiger partial charge in [0.15, 0.2) is 0 Å². The number of fused-ring (bicyclic) bond motifs is 1. The van der Waals surface area contributed by atoms with Crippen LogP contribution in [0, 0.1) is 18.3 Å². The molecule has 0 saturated heterocycles. The summed E-state index contributed by atoms with van der Waals surface area (Å²) in [6.45, 7) is 8.48. The molecular formula is C20H25BrN3O-. The molecule has 4 nitrogen and oxygen atoms in total. The summed E-state index contributed by atoms with van der Waals surface area (Å²) in [5.74, 6) is 1.41. The SMILES string of the molecule is Cc1ccccc1OCCn1c(=N)n(CC(C)C)c2ccccc21.[Br-]. The van der Waals surface area contributed by atoms with Crippen molar-refractivity contribution in [1.82, 2.24) is 9.13 Å². The van der Waals surface area contributed by atoms with E-state index in [-0.39, 0.29) is 17.0 Å². The van der Waals surface area contributed by atoms with E-state index >= 15 is 0 Å². The molecule has 0 radical (unpaired) electrons. The quantitative estimate of drug-likeness (QED) is 0.655. The minimum absolute atomic E-state index is 0.